The van der Waals surface area contributed by atoms with E-state index in [0.29, 0.717) is 6.54 Å². The maximum absolute atomic E-state index is 12.3. The molecule has 0 aromatic carbocycles. The molecule has 0 aromatic heterocycles. The second kappa shape index (κ2) is 6.71. The molecule has 1 aliphatic carbocycles. The van der Waals surface area contributed by atoms with Crippen LogP contribution in [-0.4, -0.2) is 47.2 Å². The highest BCUT2D eigenvalue weighted by molar-refractivity contribution is 5.81. The summed E-state index contributed by atoms with van der Waals surface area (Å²) in [4.78, 5) is 14.3. The topological polar surface area (TPSA) is 52.6 Å². The standard InChI is InChI=1S/C15H28N2O2/c1-13(16-12-15(19)8-4-5-9-15)14(18)17-10-6-2-3-7-11-17/h13,16,19H,2-12H2,1H3. The zero-order valence-electron chi connectivity index (χ0n) is 12.2. The van der Waals surface area contributed by atoms with Crippen molar-refractivity contribution in [3.8, 4) is 0 Å². The van der Waals surface area contributed by atoms with Crippen molar-refractivity contribution in [2.45, 2.75) is 69.9 Å². The van der Waals surface area contributed by atoms with E-state index in [1.54, 1.807) is 0 Å². The van der Waals surface area contributed by atoms with E-state index in [9.17, 15) is 9.90 Å². The summed E-state index contributed by atoms with van der Waals surface area (Å²) in [5.74, 6) is 0.198. The lowest BCUT2D eigenvalue weighted by Crippen LogP contribution is -2.49. The van der Waals surface area contributed by atoms with Crippen LogP contribution in [0.1, 0.15) is 58.3 Å². The van der Waals surface area contributed by atoms with Gasteiger partial charge in [-0.1, -0.05) is 25.7 Å². The SMILES string of the molecule is CC(NCC1(O)CCCC1)C(=O)N1CCCCCC1. The van der Waals surface area contributed by atoms with Crippen molar-refractivity contribution in [3.63, 3.8) is 0 Å². The molecule has 1 amide bonds. The zero-order valence-corrected chi connectivity index (χ0v) is 12.2. The van der Waals surface area contributed by atoms with E-state index in [2.05, 4.69) is 5.32 Å². The maximum Gasteiger partial charge on any atom is 0.239 e. The number of aliphatic hydroxyl groups is 1. The molecule has 1 heterocycles. The van der Waals surface area contributed by atoms with Crippen LogP contribution < -0.4 is 5.32 Å². The van der Waals surface area contributed by atoms with Crippen LogP contribution in [0.4, 0.5) is 0 Å². The number of nitrogens with zero attached hydrogens (tertiary/aromatic N) is 1. The molecule has 0 bridgehead atoms. The average molecular weight is 268 g/mol. The molecule has 2 aliphatic rings. The largest absolute Gasteiger partial charge is 0.389 e. The van der Waals surface area contributed by atoms with Gasteiger partial charge in [0.05, 0.1) is 11.6 Å². The van der Waals surface area contributed by atoms with E-state index in [4.69, 9.17) is 0 Å². The number of carbonyl (C=O) groups excluding carboxylic acids is 1. The first kappa shape index (κ1) is 14.8. The lowest BCUT2D eigenvalue weighted by Gasteiger charge is -2.28. The molecular formula is C15H28N2O2. The Morgan fingerprint density at radius 3 is 2.32 bits per heavy atom. The Hall–Kier alpha value is -0.610. The Morgan fingerprint density at radius 1 is 1.16 bits per heavy atom. The lowest BCUT2D eigenvalue weighted by molar-refractivity contribution is -0.133. The van der Waals surface area contributed by atoms with Crippen LogP contribution >= 0.6 is 0 Å². The molecule has 4 nitrogen and oxygen atoms in total. The first-order valence-corrected chi connectivity index (χ1v) is 7.85. The fraction of sp³-hybridized carbons (Fsp3) is 0.933. The predicted molar refractivity (Wildman–Crippen MR) is 75.9 cm³/mol. The minimum absolute atomic E-state index is 0.178. The van der Waals surface area contributed by atoms with Crippen LogP contribution in [0.25, 0.3) is 0 Å². The molecule has 4 heteroatoms. The summed E-state index contributed by atoms with van der Waals surface area (Å²) in [6.45, 7) is 4.27. The van der Waals surface area contributed by atoms with Crippen molar-refractivity contribution < 1.29 is 9.90 Å². The normalized spacial score (nSPS) is 25.1. The monoisotopic (exact) mass is 268 g/mol. The van der Waals surface area contributed by atoms with Crippen LogP contribution in [-0.2, 0) is 4.79 Å². The van der Waals surface area contributed by atoms with Gasteiger partial charge in [-0.05, 0) is 32.6 Å². The fourth-order valence-corrected chi connectivity index (χ4v) is 3.21. The van der Waals surface area contributed by atoms with Gasteiger partial charge in [0, 0.05) is 19.6 Å². The summed E-state index contributed by atoms with van der Waals surface area (Å²) < 4.78 is 0. The third-order valence-electron chi connectivity index (χ3n) is 4.56. The Bertz CT molecular complexity index is 293. The fourth-order valence-electron chi connectivity index (χ4n) is 3.21. The minimum Gasteiger partial charge on any atom is -0.389 e. The van der Waals surface area contributed by atoms with Gasteiger partial charge in [-0.2, -0.15) is 0 Å². The Balaban J connectivity index is 1.78. The summed E-state index contributed by atoms with van der Waals surface area (Å²) in [5, 5.41) is 13.5. The average Bonchev–Trinajstić information content (AvgIpc) is 2.68. The third-order valence-corrected chi connectivity index (χ3v) is 4.56. The number of likely N-dealkylation sites (tertiary alicyclic amines) is 1. The summed E-state index contributed by atoms with van der Waals surface area (Å²) >= 11 is 0. The molecule has 1 saturated carbocycles. The van der Waals surface area contributed by atoms with Crippen molar-refractivity contribution in [1.82, 2.24) is 10.2 Å². The van der Waals surface area contributed by atoms with Crippen molar-refractivity contribution >= 4 is 5.91 Å². The van der Waals surface area contributed by atoms with Crippen LogP contribution in [0.3, 0.4) is 0 Å². The molecule has 1 atom stereocenters. The van der Waals surface area contributed by atoms with E-state index in [0.717, 1.165) is 51.6 Å². The molecule has 19 heavy (non-hydrogen) atoms. The molecule has 1 unspecified atom stereocenters. The molecule has 0 radical (unpaired) electrons. The molecule has 2 N–H and O–H groups in total. The summed E-state index contributed by atoms with van der Waals surface area (Å²) in [7, 11) is 0. The molecule has 2 rings (SSSR count). The van der Waals surface area contributed by atoms with E-state index in [1.165, 1.54) is 12.8 Å². The first-order chi connectivity index (χ1) is 9.11. The van der Waals surface area contributed by atoms with Crippen molar-refractivity contribution in [2.75, 3.05) is 19.6 Å². The summed E-state index contributed by atoms with van der Waals surface area (Å²) in [5.41, 5.74) is -0.576. The van der Waals surface area contributed by atoms with E-state index in [1.807, 2.05) is 11.8 Å². The Morgan fingerprint density at radius 2 is 1.74 bits per heavy atom. The van der Waals surface area contributed by atoms with Crippen LogP contribution in [0.2, 0.25) is 0 Å². The number of rotatable bonds is 4. The van der Waals surface area contributed by atoms with Gasteiger partial charge >= 0.3 is 0 Å². The lowest BCUT2D eigenvalue weighted by atomic mass is 10.0. The van der Waals surface area contributed by atoms with Crippen molar-refractivity contribution in [2.24, 2.45) is 0 Å². The quantitative estimate of drug-likeness (QED) is 0.815. The Kier molecular flexibility index (Phi) is 5.22. The minimum atomic E-state index is -0.576. The van der Waals surface area contributed by atoms with Gasteiger partial charge in [-0.25, -0.2) is 0 Å². The third kappa shape index (κ3) is 4.18. The van der Waals surface area contributed by atoms with E-state index in [-0.39, 0.29) is 11.9 Å². The molecule has 1 saturated heterocycles. The van der Waals surface area contributed by atoms with Crippen LogP contribution in [0.5, 0.6) is 0 Å². The van der Waals surface area contributed by atoms with Crippen LogP contribution in [0.15, 0.2) is 0 Å². The second-order valence-corrected chi connectivity index (χ2v) is 6.27. The molecule has 110 valence electrons. The number of carbonyl (C=O) groups is 1. The second-order valence-electron chi connectivity index (χ2n) is 6.27. The first-order valence-electron chi connectivity index (χ1n) is 7.85. The van der Waals surface area contributed by atoms with Gasteiger partial charge < -0.3 is 15.3 Å². The molecule has 2 fully saturated rings. The highest BCUT2D eigenvalue weighted by Gasteiger charge is 2.32. The molecule has 0 spiro atoms. The molecule has 1 aliphatic heterocycles. The molecule has 0 aromatic rings. The van der Waals surface area contributed by atoms with Crippen LogP contribution in [0, 0.1) is 0 Å². The Labute approximate surface area is 116 Å². The summed E-state index contributed by atoms with van der Waals surface area (Å²) in [6, 6.07) is -0.178. The van der Waals surface area contributed by atoms with Gasteiger partial charge in [0.25, 0.3) is 0 Å². The highest BCUT2D eigenvalue weighted by Crippen LogP contribution is 2.28. The zero-order chi connectivity index (χ0) is 13.7. The maximum atomic E-state index is 12.3. The predicted octanol–water partition coefficient (Wildman–Crippen LogP) is 1.67. The van der Waals surface area contributed by atoms with Gasteiger partial charge in [0.1, 0.15) is 0 Å². The van der Waals surface area contributed by atoms with Gasteiger partial charge in [-0.3, -0.25) is 4.79 Å². The van der Waals surface area contributed by atoms with Gasteiger partial charge in [0.15, 0.2) is 0 Å². The molecular weight excluding hydrogens is 240 g/mol. The number of hydrogen-bond donors (Lipinski definition) is 2. The van der Waals surface area contributed by atoms with Gasteiger partial charge in [0.2, 0.25) is 5.91 Å². The number of hydrogen-bond acceptors (Lipinski definition) is 3. The summed E-state index contributed by atoms with van der Waals surface area (Å²) in [6.07, 6.45) is 8.68. The highest BCUT2D eigenvalue weighted by atomic mass is 16.3. The smallest absolute Gasteiger partial charge is 0.239 e. The number of amides is 1. The number of nitrogens with one attached hydrogen (secondary N) is 1. The van der Waals surface area contributed by atoms with E-state index < -0.39 is 5.60 Å². The van der Waals surface area contributed by atoms with Crippen molar-refractivity contribution in [3.05, 3.63) is 0 Å². The van der Waals surface area contributed by atoms with E-state index >= 15 is 0 Å². The van der Waals surface area contributed by atoms with Gasteiger partial charge in [-0.15, -0.1) is 0 Å². The van der Waals surface area contributed by atoms with Crippen molar-refractivity contribution in [1.29, 1.82) is 0 Å².